The fraction of sp³-hybridized carbons (Fsp3) is 0.379. The highest BCUT2D eigenvalue weighted by Gasteiger charge is 2.26. The maximum Gasteiger partial charge on any atom is 0.387 e. The first-order valence-corrected chi connectivity index (χ1v) is 12.7. The standard InChI is InChI=1S/C29H31F2N5O3/c1-29(2,38)27-35-15-22(16-36-27)20-6-8-23(26(37)33-3)24(12-20)34-14-21-11-19(7-9-25(21)39-28(30)31)18-5-4-17(10-18)13-32/h6-9,11-12,15-18,28,34,38H,4-5,10,14H2,1-3H3,(H,33,37). The molecule has 39 heavy (non-hydrogen) atoms. The third-order valence-electron chi connectivity index (χ3n) is 6.88. The average Bonchev–Trinajstić information content (AvgIpc) is 3.41. The van der Waals surface area contributed by atoms with E-state index < -0.39 is 12.2 Å². The molecule has 8 nitrogen and oxygen atoms in total. The summed E-state index contributed by atoms with van der Waals surface area (Å²) in [5, 5.41) is 25.2. The molecule has 2 unspecified atom stereocenters. The van der Waals surface area contributed by atoms with Crippen LogP contribution in [-0.2, 0) is 12.1 Å². The predicted molar refractivity (Wildman–Crippen MR) is 142 cm³/mol. The van der Waals surface area contributed by atoms with Crippen LogP contribution in [0.1, 0.15) is 66.3 Å². The number of nitrogens with zero attached hydrogens (tertiary/aromatic N) is 3. The summed E-state index contributed by atoms with van der Waals surface area (Å²) in [6.07, 6.45) is 5.58. The zero-order valence-corrected chi connectivity index (χ0v) is 22.0. The van der Waals surface area contributed by atoms with Crippen molar-refractivity contribution < 1.29 is 23.4 Å². The number of benzene rings is 2. The second-order valence-electron chi connectivity index (χ2n) is 10.1. The molecular formula is C29H31F2N5O3. The number of carbonyl (C=O) groups is 1. The van der Waals surface area contributed by atoms with Crippen LogP contribution in [0.15, 0.2) is 48.8 Å². The minimum Gasteiger partial charge on any atom is -0.434 e. The van der Waals surface area contributed by atoms with Crippen LogP contribution in [0.3, 0.4) is 0 Å². The van der Waals surface area contributed by atoms with Crippen molar-refractivity contribution in [3.63, 3.8) is 0 Å². The van der Waals surface area contributed by atoms with Gasteiger partial charge in [-0.1, -0.05) is 18.2 Å². The van der Waals surface area contributed by atoms with E-state index in [1.165, 1.54) is 13.1 Å². The third-order valence-corrected chi connectivity index (χ3v) is 6.88. The van der Waals surface area contributed by atoms with Crippen LogP contribution < -0.4 is 15.4 Å². The van der Waals surface area contributed by atoms with Gasteiger partial charge in [0.25, 0.3) is 5.91 Å². The molecule has 2 atom stereocenters. The van der Waals surface area contributed by atoms with Gasteiger partial charge in [-0.2, -0.15) is 14.0 Å². The lowest BCUT2D eigenvalue weighted by Gasteiger charge is -2.18. The summed E-state index contributed by atoms with van der Waals surface area (Å²) in [4.78, 5) is 21.1. The number of halogens is 2. The Morgan fingerprint density at radius 1 is 1.18 bits per heavy atom. The first kappa shape index (κ1) is 27.9. The lowest BCUT2D eigenvalue weighted by Crippen LogP contribution is -2.20. The number of hydrogen-bond acceptors (Lipinski definition) is 7. The molecule has 0 saturated heterocycles. The van der Waals surface area contributed by atoms with Crippen LogP contribution in [0.5, 0.6) is 5.75 Å². The van der Waals surface area contributed by atoms with Gasteiger partial charge in [-0.3, -0.25) is 4.79 Å². The number of carbonyl (C=O) groups excluding carboxylic acids is 1. The molecule has 1 amide bonds. The van der Waals surface area contributed by atoms with Crippen molar-refractivity contribution in [1.82, 2.24) is 15.3 Å². The second kappa shape index (κ2) is 11.7. The molecule has 3 N–H and O–H groups in total. The van der Waals surface area contributed by atoms with Gasteiger partial charge in [-0.05, 0) is 68.4 Å². The number of anilines is 1. The number of nitriles is 1. The van der Waals surface area contributed by atoms with E-state index in [9.17, 15) is 23.9 Å². The largest absolute Gasteiger partial charge is 0.434 e. The van der Waals surface area contributed by atoms with Gasteiger partial charge < -0.3 is 20.5 Å². The van der Waals surface area contributed by atoms with Crippen LogP contribution in [0.4, 0.5) is 14.5 Å². The average molecular weight is 536 g/mol. The van der Waals surface area contributed by atoms with Crippen LogP contribution in [0, 0.1) is 17.2 Å². The Bertz CT molecular complexity index is 1370. The monoisotopic (exact) mass is 535 g/mol. The van der Waals surface area contributed by atoms with E-state index in [2.05, 4.69) is 26.7 Å². The van der Waals surface area contributed by atoms with E-state index in [0.717, 1.165) is 30.4 Å². The van der Waals surface area contributed by atoms with Crippen molar-refractivity contribution in [1.29, 1.82) is 5.26 Å². The molecule has 1 fully saturated rings. The number of amides is 1. The molecule has 1 heterocycles. The minimum absolute atomic E-state index is 0.00656. The Kier molecular flexibility index (Phi) is 8.41. The number of aromatic nitrogens is 2. The second-order valence-corrected chi connectivity index (χ2v) is 10.1. The number of hydrogen-bond donors (Lipinski definition) is 3. The lowest BCUT2D eigenvalue weighted by atomic mass is 9.94. The topological polar surface area (TPSA) is 120 Å². The number of rotatable bonds is 9. The van der Waals surface area contributed by atoms with Crippen molar-refractivity contribution in [2.75, 3.05) is 12.4 Å². The third kappa shape index (κ3) is 6.67. The fourth-order valence-electron chi connectivity index (χ4n) is 4.79. The molecule has 1 aromatic heterocycles. The summed E-state index contributed by atoms with van der Waals surface area (Å²) in [5.41, 5.74) is 2.54. The van der Waals surface area contributed by atoms with Crippen molar-refractivity contribution in [3.8, 4) is 22.9 Å². The summed E-state index contributed by atoms with van der Waals surface area (Å²) >= 11 is 0. The number of alkyl halides is 2. The van der Waals surface area contributed by atoms with Gasteiger partial charge in [-0.25, -0.2) is 9.97 Å². The first-order chi connectivity index (χ1) is 18.6. The van der Waals surface area contributed by atoms with Gasteiger partial charge >= 0.3 is 6.61 Å². The Labute approximate surface area is 226 Å². The van der Waals surface area contributed by atoms with Gasteiger partial charge in [0.2, 0.25) is 0 Å². The van der Waals surface area contributed by atoms with Crippen LogP contribution in [-0.4, -0.2) is 34.6 Å². The van der Waals surface area contributed by atoms with Crippen LogP contribution in [0.25, 0.3) is 11.1 Å². The first-order valence-electron chi connectivity index (χ1n) is 12.7. The molecule has 3 aromatic rings. The highest BCUT2D eigenvalue weighted by molar-refractivity contribution is 6.00. The maximum absolute atomic E-state index is 13.2. The van der Waals surface area contributed by atoms with Crippen LogP contribution in [0.2, 0.25) is 0 Å². The van der Waals surface area contributed by atoms with E-state index in [1.54, 1.807) is 50.5 Å². The molecule has 1 aliphatic carbocycles. The van der Waals surface area contributed by atoms with Gasteiger partial charge in [0.05, 0.1) is 11.6 Å². The van der Waals surface area contributed by atoms with Gasteiger partial charge in [-0.15, -0.1) is 0 Å². The Hall–Kier alpha value is -4.10. The van der Waals surface area contributed by atoms with Gasteiger partial charge in [0.15, 0.2) is 5.82 Å². The van der Waals surface area contributed by atoms with Gasteiger partial charge in [0, 0.05) is 48.7 Å². The molecule has 0 aliphatic heterocycles. The van der Waals surface area contributed by atoms with Crippen LogP contribution >= 0.6 is 0 Å². The predicted octanol–water partition coefficient (Wildman–Crippen LogP) is 5.35. The maximum atomic E-state index is 13.2. The van der Waals surface area contributed by atoms with Gasteiger partial charge in [0.1, 0.15) is 11.4 Å². The molecule has 204 valence electrons. The quantitative estimate of drug-likeness (QED) is 0.338. The molecular weight excluding hydrogens is 504 g/mol. The Morgan fingerprint density at radius 2 is 1.92 bits per heavy atom. The minimum atomic E-state index is -2.99. The smallest absolute Gasteiger partial charge is 0.387 e. The zero-order chi connectivity index (χ0) is 28.2. The number of nitrogens with one attached hydrogen (secondary N) is 2. The van der Waals surface area contributed by atoms with Crippen molar-refractivity contribution in [3.05, 3.63) is 71.3 Å². The normalized spacial score (nSPS) is 17.1. The van der Waals surface area contributed by atoms with Crippen molar-refractivity contribution >= 4 is 11.6 Å². The van der Waals surface area contributed by atoms with E-state index in [0.29, 0.717) is 22.4 Å². The molecule has 10 heteroatoms. The fourth-order valence-corrected chi connectivity index (χ4v) is 4.79. The van der Waals surface area contributed by atoms with E-state index in [4.69, 9.17) is 4.74 Å². The van der Waals surface area contributed by atoms with E-state index in [1.807, 2.05) is 6.07 Å². The number of aliphatic hydroxyl groups is 1. The zero-order valence-electron chi connectivity index (χ0n) is 22.0. The summed E-state index contributed by atoms with van der Waals surface area (Å²) < 4.78 is 31.1. The molecule has 0 spiro atoms. The van der Waals surface area contributed by atoms with E-state index >= 15 is 0 Å². The SMILES string of the molecule is CNC(=O)c1ccc(-c2cnc(C(C)(C)O)nc2)cc1NCc1cc(C2CCC(C#N)C2)ccc1OC(F)F. The lowest BCUT2D eigenvalue weighted by molar-refractivity contribution is -0.0504. The molecule has 1 aliphatic rings. The molecule has 1 saturated carbocycles. The summed E-state index contributed by atoms with van der Waals surface area (Å²) in [6.45, 7) is 0.321. The van der Waals surface area contributed by atoms with E-state index in [-0.39, 0.29) is 35.9 Å². The molecule has 0 radical (unpaired) electrons. The Balaban J connectivity index is 1.64. The highest BCUT2D eigenvalue weighted by Crippen LogP contribution is 2.39. The number of ether oxygens (including phenoxy) is 1. The summed E-state index contributed by atoms with van der Waals surface area (Å²) in [6, 6.07) is 12.7. The highest BCUT2D eigenvalue weighted by atomic mass is 19.3. The molecule has 4 rings (SSSR count). The van der Waals surface area contributed by atoms with Crippen molar-refractivity contribution in [2.24, 2.45) is 5.92 Å². The Morgan fingerprint density at radius 3 is 2.54 bits per heavy atom. The molecule has 2 aromatic carbocycles. The summed E-state index contributed by atoms with van der Waals surface area (Å²) in [7, 11) is 1.53. The molecule has 0 bridgehead atoms. The summed E-state index contributed by atoms with van der Waals surface area (Å²) in [5.74, 6) is 0.174. The van der Waals surface area contributed by atoms with Crippen molar-refractivity contribution in [2.45, 2.75) is 57.8 Å².